The lowest BCUT2D eigenvalue weighted by Crippen LogP contribution is -2.55. The fourth-order valence-electron chi connectivity index (χ4n) is 2.23. The molecular formula is C13H14N2O4. The number of nitrogens with zero attached hydrogens (tertiary/aromatic N) is 1. The predicted molar refractivity (Wildman–Crippen MR) is 66.0 cm³/mol. The molecule has 6 nitrogen and oxygen atoms in total. The summed E-state index contributed by atoms with van der Waals surface area (Å²) in [4.78, 5) is 25.2. The number of ether oxygens (including phenoxy) is 2. The van der Waals surface area contributed by atoms with Gasteiger partial charge in [0, 0.05) is 25.7 Å². The minimum absolute atomic E-state index is 0.0188. The van der Waals surface area contributed by atoms with Gasteiger partial charge in [-0.2, -0.15) is 0 Å². The van der Waals surface area contributed by atoms with E-state index in [0.717, 1.165) is 0 Å². The van der Waals surface area contributed by atoms with Crippen LogP contribution in [0, 0.1) is 5.92 Å². The lowest BCUT2D eigenvalue weighted by Gasteiger charge is -2.38. The highest BCUT2D eigenvalue weighted by Gasteiger charge is 2.35. The molecule has 2 heterocycles. The number of fused-ring (bicyclic) bond motifs is 1. The minimum Gasteiger partial charge on any atom is -0.454 e. The van der Waals surface area contributed by atoms with Crippen LogP contribution in [0.25, 0.3) is 0 Å². The normalized spacial score (nSPS) is 17.0. The maximum absolute atomic E-state index is 12.2. The third-order valence-electron chi connectivity index (χ3n) is 3.41. The summed E-state index contributed by atoms with van der Waals surface area (Å²) in [6.07, 6.45) is 0. The number of rotatable bonds is 2. The molecule has 3 rings (SSSR count). The highest BCUT2D eigenvalue weighted by molar-refractivity contribution is 5.96. The molecule has 1 aromatic carbocycles. The average molecular weight is 262 g/mol. The van der Waals surface area contributed by atoms with Crippen LogP contribution < -0.4 is 14.8 Å². The summed E-state index contributed by atoms with van der Waals surface area (Å²) in [6.45, 7) is 1.12. The van der Waals surface area contributed by atoms with Crippen LogP contribution in [0.4, 0.5) is 0 Å². The van der Waals surface area contributed by atoms with Gasteiger partial charge in [0.1, 0.15) is 0 Å². The Morgan fingerprint density at radius 3 is 2.74 bits per heavy atom. The van der Waals surface area contributed by atoms with E-state index in [1.165, 1.54) is 0 Å². The summed E-state index contributed by atoms with van der Waals surface area (Å²) in [5.41, 5.74) is 0.555. The van der Waals surface area contributed by atoms with Crippen molar-refractivity contribution in [1.82, 2.24) is 10.2 Å². The van der Waals surface area contributed by atoms with E-state index in [4.69, 9.17) is 9.47 Å². The van der Waals surface area contributed by atoms with Crippen molar-refractivity contribution < 1.29 is 19.1 Å². The number of hydrogen-bond acceptors (Lipinski definition) is 4. The fraction of sp³-hybridized carbons (Fsp3) is 0.385. The van der Waals surface area contributed by atoms with Gasteiger partial charge in [0.25, 0.3) is 5.91 Å². The molecule has 6 heteroatoms. The topological polar surface area (TPSA) is 67.9 Å². The first kappa shape index (κ1) is 11.8. The van der Waals surface area contributed by atoms with E-state index in [2.05, 4.69) is 5.32 Å². The van der Waals surface area contributed by atoms with Crippen molar-refractivity contribution >= 4 is 11.8 Å². The Balaban J connectivity index is 1.67. The van der Waals surface area contributed by atoms with Crippen molar-refractivity contribution in [1.29, 1.82) is 0 Å². The molecule has 0 bridgehead atoms. The quantitative estimate of drug-likeness (QED) is 0.828. The van der Waals surface area contributed by atoms with Crippen LogP contribution in [0.2, 0.25) is 0 Å². The monoisotopic (exact) mass is 262 g/mol. The van der Waals surface area contributed by atoms with Crippen molar-refractivity contribution in [3.05, 3.63) is 23.8 Å². The number of amides is 2. The molecule has 0 aliphatic carbocycles. The van der Waals surface area contributed by atoms with E-state index in [9.17, 15) is 9.59 Å². The molecule has 1 aromatic rings. The zero-order chi connectivity index (χ0) is 13.4. The van der Waals surface area contributed by atoms with Gasteiger partial charge >= 0.3 is 0 Å². The Kier molecular flexibility index (Phi) is 2.77. The van der Waals surface area contributed by atoms with Crippen LogP contribution in [0.3, 0.4) is 0 Å². The zero-order valence-corrected chi connectivity index (χ0v) is 10.5. The summed E-state index contributed by atoms with van der Waals surface area (Å²) in [6, 6.07) is 5.12. The number of benzene rings is 1. The molecule has 1 fully saturated rings. The minimum atomic E-state index is -0.0945. The summed E-state index contributed by atoms with van der Waals surface area (Å²) in [7, 11) is 1.60. The maximum atomic E-state index is 12.2. The highest BCUT2D eigenvalue weighted by atomic mass is 16.7. The smallest absolute Gasteiger partial charge is 0.254 e. The maximum Gasteiger partial charge on any atom is 0.254 e. The van der Waals surface area contributed by atoms with Crippen LogP contribution in [-0.4, -0.2) is 43.6 Å². The molecule has 0 atom stereocenters. The Bertz CT molecular complexity index is 537. The van der Waals surface area contributed by atoms with Gasteiger partial charge in [0.15, 0.2) is 11.5 Å². The summed E-state index contributed by atoms with van der Waals surface area (Å²) in [5.74, 6) is 1.05. The van der Waals surface area contributed by atoms with Crippen LogP contribution in [-0.2, 0) is 4.79 Å². The second kappa shape index (κ2) is 4.46. The number of likely N-dealkylation sites (tertiary alicyclic amines) is 1. The predicted octanol–water partition coefficient (Wildman–Crippen LogP) is 0.233. The Hall–Kier alpha value is -2.24. The average Bonchev–Trinajstić information content (AvgIpc) is 2.83. The zero-order valence-electron chi connectivity index (χ0n) is 10.5. The van der Waals surface area contributed by atoms with Crippen molar-refractivity contribution in [2.75, 3.05) is 26.9 Å². The number of carbonyl (C=O) groups is 2. The number of hydrogen-bond donors (Lipinski definition) is 1. The van der Waals surface area contributed by atoms with Crippen LogP contribution in [0.15, 0.2) is 18.2 Å². The fourth-order valence-corrected chi connectivity index (χ4v) is 2.23. The van der Waals surface area contributed by atoms with Gasteiger partial charge < -0.3 is 19.7 Å². The Labute approximate surface area is 110 Å². The molecule has 1 saturated heterocycles. The molecule has 0 aromatic heterocycles. The lowest BCUT2D eigenvalue weighted by atomic mass is 9.98. The molecule has 1 N–H and O–H groups in total. The van der Waals surface area contributed by atoms with Gasteiger partial charge in [-0.1, -0.05) is 0 Å². The third-order valence-corrected chi connectivity index (χ3v) is 3.41. The molecule has 100 valence electrons. The first-order valence-corrected chi connectivity index (χ1v) is 6.09. The van der Waals surface area contributed by atoms with Gasteiger partial charge in [-0.3, -0.25) is 9.59 Å². The van der Waals surface area contributed by atoms with Gasteiger partial charge in [-0.15, -0.1) is 0 Å². The summed E-state index contributed by atoms with van der Waals surface area (Å²) in [5, 5.41) is 2.59. The molecular weight excluding hydrogens is 248 g/mol. The van der Waals surface area contributed by atoms with Crippen molar-refractivity contribution in [2.24, 2.45) is 5.92 Å². The number of nitrogens with one attached hydrogen (secondary N) is 1. The van der Waals surface area contributed by atoms with E-state index in [0.29, 0.717) is 30.2 Å². The Morgan fingerprint density at radius 1 is 1.26 bits per heavy atom. The summed E-state index contributed by atoms with van der Waals surface area (Å²) < 4.78 is 10.4. The van der Waals surface area contributed by atoms with Crippen LogP contribution >= 0.6 is 0 Å². The van der Waals surface area contributed by atoms with E-state index >= 15 is 0 Å². The second-order valence-electron chi connectivity index (χ2n) is 4.59. The molecule has 2 aliphatic heterocycles. The molecule has 2 amide bonds. The molecule has 0 unspecified atom stereocenters. The van der Waals surface area contributed by atoms with E-state index < -0.39 is 0 Å². The molecule has 0 spiro atoms. The van der Waals surface area contributed by atoms with Crippen molar-refractivity contribution in [2.45, 2.75) is 0 Å². The molecule has 0 radical (unpaired) electrons. The van der Waals surface area contributed by atoms with Gasteiger partial charge in [-0.25, -0.2) is 0 Å². The standard InChI is InChI=1S/C13H14N2O4/c1-14-12(16)9-5-15(6-9)13(17)8-2-3-10-11(4-8)19-7-18-10/h2-4,9H,5-7H2,1H3,(H,14,16). The molecule has 0 saturated carbocycles. The van der Waals surface area contributed by atoms with Gasteiger partial charge in [-0.05, 0) is 18.2 Å². The first-order chi connectivity index (χ1) is 9.19. The second-order valence-corrected chi connectivity index (χ2v) is 4.59. The van der Waals surface area contributed by atoms with Gasteiger partial charge in [0.05, 0.1) is 5.92 Å². The van der Waals surface area contributed by atoms with E-state index in [1.807, 2.05) is 0 Å². The van der Waals surface area contributed by atoms with Crippen molar-refractivity contribution in [3.63, 3.8) is 0 Å². The lowest BCUT2D eigenvalue weighted by molar-refractivity contribution is -0.128. The highest BCUT2D eigenvalue weighted by Crippen LogP contribution is 2.33. The Morgan fingerprint density at radius 2 is 2.00 bits per heavy atom. The van der Waals surface area contributed by atoms with E-state index in [1.54, 1.807) is 30.1 Å². The summed E-state index contributed by atoms with van der Waals surface area (Å²) >= 11 is 0. The largest absolute Gasteiger partial charge is 0.454 e. The number of carbonyl (C=O) groups excluding carboxylic acids is 2. The van der Waals surface area contributed by atoms with Crippen LogP contribution in [0.1, 0.15) is 10.4 Å². The molecule has 2 aliphatic rings. The van der Waals surface area contributed by atoms with Crippen LogP contribution in [0.5, 0.6) is 11.5 Å². The molecule has 19 heavy (non-hydrogen) atoms. The SMILES string of the molecule is CNC(=O)C1CN(C(=O)c2ccc3c(c2)OCO3)C1. The van der Waals surface area contributed by atoms with E-state index in [-0.39, 0.29) is 24.5 Å². The first-order valence-electron chi connectivity index (χ1n) is 6.09. The third kappa shape index (κ3) is 1.99. The van der Waals surface area contributed by atoms with Gasteiger partial charge in [0.2, 0.25) is 12.7 Å². The van der Waals surface area contributed by atoms with Crippen molar-refractivity contribution in [3.8, 4) is 11.5 Å².